The van der Waals surface area contributed by atoms with Crippen LogP contribution in [0.5, 0.6) is 5.75 Å². The predicted molar refractivity (Wildman–Crippen MR) is 112 cm³/mol. The topological polar surface area (TPSA) is 57.0 Å². The molecule has 2 aromatic carbocycles. The molecular weight excluding hydrogens is 389 g/mol. The van der Waals surface area contributed by atoms with Gasteiger partial charge in [-0.05, 0) is 55.0 Å². The Morgan fingerprint density at radius 1 is 1.07 bits per heavy atom. The molecule has 0 spiro atoms. The molecule has 7 heteroatoms. The maximum Gasteiger partial charge on any atom is 0.267 e. The summed E-state index contributed by atoms with van der Waals surface area (Å²) in [7, 11) is 0. The smallest absolute Gasteiger partial charge is 0.267 e. The van der Waals surface area contributed by atoms with Crippen molar-refractivity contribution in [2.75, 3.05) is 12.4 Å². The van der Waals surface area contributed by atoms with Crippen molar-refractivity contribution >= 4 is 22.7 Å². The second kappa shape index (κ2) is 8.45. The summed E-state index contributed by atoms with van der Waals surface area (Å²) in [5.74, 6) is 1.42. The van der Waals surface area contributed by atoms with E-state index in [1.807, 2.05) is 37.3 Å². The number of fused-ring (bicyclic) bond motifs is 1. The predicted octanol–water partition coefficient (Wildman–Crippen LogP) is 4.40. The standard InChI is InChI=1S/C22H18FN3O2S/c1-15-5-4-12-24-20(15)26-21(27)18-6-2-3-7-19(18)25-22(26)29-14-13-28-17-10-8-16(23)9-11-17/h2-12H,13-14H2,1H3. The molecule has 0 fully saturated rings. The van der Waals surface area contributed by atoms with Crippen molar-refractivity contribution in [3.63, 3.8) is 0 Å². The maximum atomic E-state index is 13.2. The van der Waals surface area contributed by atoms with Crippen molar-refractivity contribution in [2.45, 2.75) is 12.1 Å². The molecule has 0 amide bonds. The second-order valence-corrected chi connectivity index (χ2v) is 7.41. The van der Waals surface area contributed by atoms with Gasteiger partial charge in [-0.1, -0.05) is 30.0 Å². The minimum absolute atomic E-state index is 0.153. The highest BCUT2D eigenvalue weighted by Crippen LogP contribution is 2.22. The number of hydrogen-bond acceptors (Lipinski definition) is 5. The first-order chi connectivity index (χ1) is 14.1. The summed E-state index contributed by atoms with van der Waals surface area (Å²) in [6, 6.07) is 16.9. The average Bonchev–Trinajstić information content (AvgIpc) is 2.74. The van der Waals surface area contributed by atoms with Crippen LogP contribution in [0.2, 0.25) is 0 Å². The summed E-state index contributed by atoms with van der Waals surface area (Å²) < 4.78 is 20.2. The van der Waals surface area contributed by atoms with E-state index in [1.54, 1.807) is 29.0 Å². The number of pyridine rings is 1. The zero-order valence-corrected chi connectivity index (χ0v) is 16.5. The molecule has 0 N–H and O–H groups in total. The van der Waals surface area contributed by atoms with Crippen LogP contribution in [-0.4, -0.2) is 26.9 Å². The zero-order chi connectivity index (χ0) is 20.2. The van der Waals surface area contributed by atoms with Crippen LogP contribution in [0.15, 0.2) is 76.8 Å². The minimum atomic E-state index is -0.304. The number of aryl methyl sites for hydroxylation is 1. The number of hydrogen-bond donors (Lipinski definition) is 0. The third-order valence-corrected chi connectivity index (χ3v) is 5.24. The molecule has 2 aromatic heterocycles. The lowest BCUT2D eigenvalue weighted by atomic mass is 10.2. The molecule has 5 nitrogen and oxygen atoms in total. The normalized spacial score (nSPS) is 11.0. The molecule has 2 heterocycles. The molecule has 4 aromatic rings. The Bertz CT molecular complexity index is 1210. The highest BCUT2D eigenvalue weighted by atomic mass is 32.2. The van der Waals surface area contributed by atoms with Crippen molar-refractivity contribution in [2.24, 2.45) is 0 Å². The molecule has 29 heavy (non-hydrogen) atoms. The van der Waals surface area contributed by atoms with Gasteiger partial charge in [0, 0.05) is 11.9 Å². The largest absolute Gasteiger partial charge is 0.493 e. The average molecular weight is 407 g/mol. The number of ether oxygens (including phenoxy) is 1. The Labute approximate surface area is 171 Å². The van der Waals surface area contributed by atoms with Crippen molar-refractivity contribution in [3.8, 4) is 11.6 Å². The first-order valence-electron chi connectivity index (χ1n) is 9.08. The SMILES string of the molecule is Cc1cccnc1-n1c(SCCOc2ccc(F)cc2)nc2ccccc2c1=O. The lowest BCUT2D eigenvalue weighted by molar-refractivity contribution is 0.343. The molecule has 146 valence electrons. The maximum absolute atomic E-state index is 13.2. The zero-order valence-electron chi connectivity index (χ0n) is 15.7. The van der Waals surface area contributed by atoms with Gasteiger partial charge in [-0.2, -0.15) is 0 Å². The van der Waals surface area contributed by atoms with Crippen LogP contribution in [0.3, 0.4) is 0 Å². The molecule has 0 radical (unpaired) electrons. The number of thioether (sulfide) groups is 1. The number of para-hydroxylation sites is 1. The lowest BCUT2D eigenvalue weighted by Gasteiger charge is -2.14. The molecule has 0 aliphatic carbocycles. The van der Waals surface area contributed by atoms with Crippen molar-refractivity contribution in [3.05, 3.63) is 88.6 Å². The van der Waals surface area contributed by atoms with Gasteiger partial charge >= 0.3 is 0 Å². The highest BCUT2D eigenvalue weighted by Gasteiger charge is 2.15. The fourth-order valence-electron chi connectivity index (χ4n) is 2.93. The molecule has 0 aliphatic rings. The van der Waals surface area contributed by atoms with E-state index < -0.39 is 0 Å². The van der Waals surface area contributed by atoms with Crippen LogP contribution in [0.1, 0.15) is 5.56 Å². The van der Waals surface area contributed by atoms with E-state index in [0.717, 1.165) is 5.56 Å². The van der Waals surface area contributed by atoms with Crippen molar-refractivity contribution in [1.29, 1.82) is 0 Å². The Kier molecular flexibility index (Phi) is 5.57. The first-order valence-corrected chi connectivity index (χ1v) is 10.1. The van der Waals surface area contributed by atoms with Crippen LogP contribution in [0.25, 0.3) is 16.7 Å². The van der Waals surface area contributed by atoms with E-state index in [4.69, 9.17) is 9.72 Å². The number of aromatic nitrogens is 3. The summed E-state index contributed by atoms with van der Waals surface area (Å²) in [5.41, 5.74) is 1.37. The summed E-state index contributed by atoms with van der Waals surface area (Å²) in [6.45, 7) is 2.30. The number of benzene rings is 2. The fourth-order valence-corrected chi connectivity index (χ4v) is 3.74. The summed E-state index contributed by atoms with van der Waals surface area (Å²) >= 11 is 1.41. The van der Waals surface area contributed by atoms with Crippen LogP contribution in [-0.2, 0) is 0 Å². The molecule has 0 saturated heterocycles. The lowest BCUT2D eigenvalue weighted by Crippen LogP contribution is -2.23. The monoisotopic (exact) mass is 407 g/mol. The van der Waals surface area contributed by atoms with Gasteiger partial charge < -0.3 is 4.74 Å². The van der Waals surface area contributed by atoms with E-state index in [2.05, 4.69) is 4.98 Å². The van der Waals surface area contributed by atoms with Gasteiger partial charge in [-0.15, -0.1) is 0 Å². The minimum Gasteiger partial charge on any atom is -0.493 e. The number of halogens is 1. The van der Waals surface area contributed by atoms with Gasteiger partial charge in [-0.3, -0.25) is 4.79 Å². The van der Waals surface area contributed by atoms with E-state index >= 15 is 0 Å². The van der Waals surface area contributed by atoms with Crippen molar-refractivity contribution < 1.29 is 9.13 Å². The second-order valence-electron chi connectivity index (χ2n) is 6.35. The highest BCUT2D eigenvalue weighted by molar-refractivity contribution is 7.99. The molecule has 0 saturated carbocycles. The van der Waals surface area contributed by atoms with E-state index in [-0.39, 0.29) is 11.4 Å². The van der Waals surface area contributed by atoms with Gasteiger partial charge in [0.25, 0.3) is 5.56 Å². The molecule has 0 bridgehead atoms. The Hall–Kier alpha value is -3.19. The van der Waals surface area contributed by atoms with Gasteiger partial charge in [0.1, 0.15) is 17.4 Å². The summed E-state index contributed by atoms with van der Waals surface area (Å²) in [6.07, 6.45) is 1.66. The van der Waals surface area contributed by atoms with Crippen LogP contribution in [0, 0.1) is 12.7 Å². The number of nitrogens with zero attached hydrogens (tertiary/aromatic N) is 3. The van der Waals surface area contributed by atoms with E-state index in [0.29, 0.717) is 40.0 Å². The molecular formula is C22H18FN3O2S. The number of rotatable bonds is 6. The molecule has 0 aliphatic heterocycles. The molecule has 0 atom stereocenters. The fraction of sp³-hybridized carbons (Fsp3) is 0.136. The van der Waals surface area contributed by atoms with E-state index in [1.165, 1.54) is 23.9 Å². The molecule has 0 unspecified atom stereocenters. The van der Waals surface area contributed by atoms with Gasteiger partial charge in [-0.25, -0.2) is 18.9 Å². The van der Waals surface area contributed by atoms with Gasteiger partial charge in [0.05, 0.1) is 17.5 Å². The third kappa shape index (κ3) is 4.14. The summed E-state index contributed by atoms with van der Waals surface area (Å²) in [5, 5.41) is 1.10. The van der Waals surface area contributed by atoms with Crippen molar-refractivity contribution in [1.82, 2.24) is 14.5 Å². The van der Waals surface area contributed by atoms with Crippen LogP contribution < -0.4 is 10.3 Å². The van der Waals surface area contributed by atoms with Crippen LogP contribution >= 0.6 is 11.8 Å². The van der Waals surface area contributed by atoms with Crippen LogP contribution in [0.4, 0.5) is 4.39 Å². The summed E-state index contributed by atoms with van der Waals surface area (Å²) in [4.78, 5) is 22.3. The Morgan fingerprint density at radius 3 is 2.66 bits per heavy atom. The van der Waals surface area contributed by atoms with E-state index in [9.17, 15) is 9.18 Å². The quantitative estimate of drug-likeness (QED) is 0.269. The third-order valence-electron chi connectivity index (χ3n) is 4.34. The first kappa shape index (κ1) is 19.1. The van der Waals surface area contributed by atoms with Gasteiger partial charge in [0.2, 0.25) is 0 Å². The Morgan fingerprint density at radius 2 is 1.86 bits per heavy atom. The molecule has 4 rings (SSSR count). The Balaban J connectivity index is 1.64. The van der Waals surface area contributed by atoms with Gasteiger partial charge in [0.15, 0.2) is 5.16 Å².